The third-order valence-corrected chi connectivity index (χ3v) is 5.13. The average Bonchev–Trinajstić information content (AvgIpc) is 2.88. The predicted molar refractivity (Wildman–Crippen MR) is 81.1 cm³/mol. The van der Waals surface area contributed by atoms with E-state index < -0.39 is 5.97 Å². The lowest BCUT2D eigenvalue weighted by molar-refractivity contribution is -0.137. The first-order valence-corrected chi connectivity index (χ1v) is 8.31. The molecule has 0 bridgehead atoms. The van der Waals surface area contributed by atoms with Gasteiger partial charge in [-0.1, -0.05) is 19.8 Å². The molecule has 2 fully saturated rings. The number of urea groups is 1. The Morgan fingerprint density at radius 3 is 2.71 bits per heavy atom. The number of piperidine rings is 1. The summed E-state index contributed by atoms with van der Waals surface area (Å²) < 4.78 is 0. The van der Waals surface area contributed by atoms with Crippen LogP contribution in [0.3, 0.4) is 0 Å². The van der Waals surface area contributed by atoms with E-state index in [1.165, 1.54) is 19.3 Å². The van der Waals surface area contributed by atoms with Gasteiger partial charge in [0, 0.05) is 26.1 Å². The Balaban J connectivity index is 1.72. The Morgan fingerprint density at radius 2 is 2.05 bits per heavy atom. The fraction of sp³-hybridized carbons (Fsp3) is 0.875. The normalized spacial score (nSPS) is 29.4. The van der Waals surface area contributed by atoms with Crippen molar-refractivity contribution in [3.8, 4) is 0 Å². The standard InChI is InChI=1S/C16H28N2O3/c1-12-4-2-6-14(12)10-17-16(21)18-9-3-5-13(11-18)7-8-15(19)20/h12-14H,2-11H2,1H3,(H,17,21)(H,19,20). The molecule has 2 N–H and O–H groups in total. The number of rotatable bonds is 5. The van der Waals surface area contributed by atoms with Gasteiger partial charge in [-0.05, 0) is 43.4 Å². The van der Waals surface area contributed by atoms with Crippen molar-refractivity contribution < 1.29 is 14.7 Å². The third kappa shape index (κ3) is 4.90. The molecular weight excluding hydrogens is 268 g/mol. The van der Waals surface area contributed by atoms with E-state index in [-0.39, 0.29) is 12.5 Å². The van der Waals surface area contributed by atoms with Crippen LogP contribution in [0.1, 0.15) is 51.9 Å². The minimum absolute atomic E-state index is 0.0362. The number of carboxylic acids is 1. The molecule has 1 saturated heterocycles. The van der Waals surface area contributed by atoms with Crippen molar-refractivity contribution in [1.29, 1.82) is 0 Å². The van der Waals surface area contributed by atoms with Crippen molar-refractivity contribution in [2.24, 2.45) is 17.8 Å². The Morgan fingerprint density at radius 1 is 1.24 bits per heavy atom. The minimum Gasteiger partial charge on any atom is -0.481 e. The second-order valence-electron chi connectivity index (χ2n) is 6.74. The summed E-state index contributed by atoms with van der Waals surface area (Å²) in [4.78, 5) is 24.8. The van der Waals surface area contributed by atoms with Crippen LogP contribution in [0.25, 0.3) is 0 Å². The minimum atomic E-state index is -0.744. The van der Waals surface area contributed by atoms with Gasteiger partial charge in [0.25, 0.3) is 0 Å². The topological polar surface area (TPSA) is 69.6 Å². The fourth-order valence-corrected chi connectivity index (χ4v) is 3.67. The number of nitrogens with zero attached hydrogens (tertiary/aromatic N) is 1. The Hall–Kier alpha value is -1.26. The molecule has 1 aliphatic heterocycles. The number of carbonyl (C=O) groups excluding carboxylic acids is 1. The quantitative estimate of drug-likeness (QED) is 0.819. The van der Waals surface area contributed by atoms with E-state index in [2.05, 4.69) is 12.2 Å². The molecule has 5 nitrogen and oxygen atoms in total. The van der Waals surface area contributed by atoms with Crippen molar-refractivity contribution in [3.63, 3.8) is 0 Å². The van der Waals surface area contributed by atoms with Crippen LogP contribution in [0.4, 0.5) is 4.79 Å². The van der Waals surface area contributed by atoms with E-state index >= 15 is 0 Å². The smallest absolute Gasteiger partial charge is 0.317 e. The highest BCUT2D eigenvalue weighted by molar-refractivity contribution is 5.74. The highest BCUT2D eigenvalue weighted by atomic mass is 16.4. The van der Waals surface area contributed by atoms with Crippen LogP contribution in [-0.4, -0.2) is 41.6 Å². The molecule has 0 aromatic rings. The van der Waals surface area contributed by atoms with E-state index in [1.54, 1.807) is 0 Å². The summed E-state index contributed by atoms with van der Waals surface area (Å²) in [6, 6.07) is 0.0362. The van der Waals surface area contributed by atoms with Crippen LogP contribution in [0.15, 0.2) is 0 Å². The van der Waals surface area contributed by atoms with Crippen LogP contribution in [-0.2, 0) is 4.79 Å². The fourth-order valence-electron chi connectivity index (χ4n) is 3.67. The maximum atomic E-state index is 12.2. The highest BCUT2D eigenvalue weighted by Gasteiger charge is 2.27. The lowest BCUT2D eigenvalue weighted by Gasteiger charge is -2.33. The van der Waals surface area contributed by atoms with Crippen molar-refractivity contribution >= 4 is 12.0 Å². The van der Waals surface area contributed by atoms with E-state index in [1.807, 2.05) is 4.90 Å². The lowest BCUT2D eigenvalue weighted by atomic mass is 9.93. The van der Waals surface area contributed by atoms with Gasteiger partial charge in [0.1, 0.15) is 0 Å². The first kappa shape index (κ1) is 16.1. The number of amides is 2. The summed E-state index contributed by atoms with van der Waals surface area (Å²) in [6.45, 7) is 4.57. The van der Waals surface area contributed by atoms with Crippen LogP contribution in [0.2, 0.25) is 0 Å². The van der Waals surface area contributed by atoms with Crippen molar-refractivity contribution in [2.75, 3.05) is 19.6 Å². The number of hydrogen-bond donors (Lipinski definition) is 2. The molecule has 2 aliphatic rings. The molecule has 0 aromatic carbocycles. The molecule has 3 unspecified atom stereocenters. The van der Waals surface area contributed by atoms with Crippen LogP contribution >= 0.6 is 0 Å². The van der Waals surface area contributed by atoms with Gasteiger partial charge in [-0.2, -0.15) is 0 Å². The van der Waals surface area contributed by atoms with Gasteiger partial charge in [-0.25, -0.2) is 4.79 Å². The van der Waals surface area contributed by atoms with Gasteiger partial charge < -0.3 is 15.3 Å². The Kier molecular flexibility index (Phi) is 5.88. The molecule has 21 heavy (non-hydrogen) atoms. The number of nitrogens with one attached hydrogen (secondary N) is 1. The number of carbonyl (C=O) groups is 2. The summed E-state index contributed by atoms with van der Waals surface area (Å²) in [5.74, 6) is 0.939. The molecule has 0 radical (unpaired) electrons. The lowest BCUT2D eigenvalue weighted by Crippen LogP contribution is -2.46. The first-order valence-electron chi connectivity index (χ1n) is 8.31. The molecule has 2 amide bonds. The van der Waals surface area contributed by atoms with E-state index in [4.69, 9.17) is 5.11 Å². The maximum absolute atomic E-state index is 12.2. The zero-order chi connectivity index (χ0) is 15.2. The summed E-state index contributed by atoms with van der Waals surface area (Å²) in [7, 11) is 0. The molecule has 2 rings (SSSR count). The molecule has 5 heteroatoms. The SMILES string of the molecule is CC1CCCC1CNC(=O)N1CCCC(CCC(=O)O)C1. The van der Waals surface area contributed by atoms with Crippen LogP contribution in [0, 0.1) is 17.8 Å². The van der Waals surface area contributed by atoms with Crippen LogP contribution in [0.5, 0.6) is 0 Å². The molecule has 1 saturated carbocycles. The molecule has 3 atom stereocenters. The van der Waals surface area contributed by atoms with E-state index in [9.17, 15) is 9.59 Å². The van der Waals surface area contributed by atoms with Crippen molar-refractivity contribution in [2.45, 2.75) is 51.9 Å². The van der Waals surface area contributed by atoms with Crippen LogP contribution < -0.4 is 5.32 Å². The average molecular weight is 296 g/mol. The molecule has 1 aliphatic carbocycles. The molecule has 0 aromatic heterocycles. The van der Waals surface area contributed by atoms with Gasteiger partial charge in [0.2, 0.25) is 0 Å². The molecule has 0 spiro atoms. The molecule has 1 heterocycles. The number of carboxylic acid groups (broad SMARTS) is 1. The van der Waals surface area contributed by atoms with E-state index in [0.29, 0.717) is 24.8 Å². The monoisotopic (exact) mass is 296 g/mol. The predicted octanol–water partition coefficient (Wildman–Crippen LogP) is 2.71. The number of aliphatic carboxylic acids is 1. The second kappa shape index (κ2) is 7.66. The largest absolute Gasteiger partial charge is 0.481 e. The van der Waals surface area contributed by atoms with Crippen molar-refractivity contribution in [1.82, 2.24) is 10.2 Å². The summed E-state index contributed by atoms with van der Waals surface area (Å²) >= 11 is 0. The summed E-state index contributed by atoms with van der Waals surface area (Å²) in [5.41, 5.74) is 0. The third-order valence-electron chi connectivity index (χ3n) is 5.13. The molecular formula is C16H28N2O3. The van der Waals surface area contributed by atoms with Gasteiger partial charge in [-0.3, -0.25) is 4.79 Å². The van der Waals surface area contributed by atoms with Crippen molar-refractivity contribution in [3.05, 3.63) is 0 Å². The summed E-state index contributed by atoms with van der Waals surface area (Å²) in [5, 5.41) is 11.8. The van der Waals surface area contributed by atoms with E-state index in [0.717, 1.165) is 31.8 Å². The Labute approximate surface area is 127 Å². The first-order chi connectivity index (χ1) is 10.1. The zero-order valence-corrected chi connectivity index (χ0v) is 13.0. The zero-order valence-electron chi connectivity index (χ0n) is 13.0. The second-order valence-corrected chi connectivity index (χ2v) is 6.74. The van der Waals surface area contributed by atoms with Gasteiger partial charge in [0.15, 0.2) is 0 Å². The summed E-state index contributed by atoms with van der Waals surface area (Å²) in [6.07, 6.45) is 6.69. The van der Waals surface area contributed by atoms with Gasteiger partial charge >= 0.3 is 12.0 Å². The van der Waals surface area contributed by atoms with Gasteiger partial charge in [0.05, 0.1) is 0 Å². The van der Waals surface area contributed by atoms with Gasteiger partial charge in [-0.15, -0.1) is 0 Å². The molecule has 120 valence electrons. The maximum Gasteiger partial charge on any atom is 0.317 e. The highest BCUT2D eigenvalue weighted by Crippen LogP contribution is 2.30. The Bertz CT molecular complexity index is 373. The number of likely N-dealkylation sites (tertiary alicyclic amines) is 1. The number of hydrogen-bond acceptors (Lipinski definition) is 2.